The zero-order valence-corrected chi connectivity index (χ0v) is 15.4. The van der Waals surface area contributed by atoms with Crippen LogP contribution >= 0.6 is 0 Å². The maximum atomic E-state index is 11.8. The van der Waals surface area contributed by atoms with E-state index < -0.39 is 15.9 Å². The zero-order valence-electron chi connectivity index (χ0n) is 14.6. The number of rotatable bonds is 5. The fraction of sp³-hybridized carbons (Fsp3) is 0.471. The number of fused-ring (bicyclic) bond motifs is 2. The molecule has 1 N–H and O–H groups in total. The fourth-order valence-corrected chi connectivity index (χ4v) is 3.90. The highest BCUT2D eigenvalue weighted by Crippen LogP contribution is 2.48. The normalized spacial score (nSPS) is 16.6. The van der Waals surface area contributed by atoms with Crippen molar-refractivity contribution in [3.63, 3.8) is 0 Å². The van der Waals surface area contributed by atoms with Gasteiger partial charge in [-0.1, -0.05) is 20.4 Å². The van der Waals surface area contributed by atoms with Crippen LogP contribution in [0.15, 0.2) is 33.6 Å². The molecular formula is C17H22N2O5S. The van der Waals surface area contributed by atoms with Gasteiger partial charge in [0.25, 0.3) is 10.1 Å². The van der Waals surface area contributed by atoms with E-state index in [4.69, 9.17) is 8.97 Å². The summed E-state index contributed by atoms with van der Waals surface area (Å²) < 4.78 is 37.3. The van der Waals surface area contributed by atoms with E-state index in [2.05, 4.69) is 25.3 Å². The van der Waals surface area contributed by atoms with Crippen LogP contribution in [0.25, 0.3) is 11.1 Å². The highest BCUT2D eigenvalue weighted by molar-refractivity contribution is 7.85. The Labute approximate surface area is 146 Å². The molecule has 136 valence electrons. The van der Waals surface area contributed by atoms with Crippen molar-refractivity contribution in [1.29, 1.82) is 0 Å². The number of hydrogen-bond donors (Lipinski definition) is 1. The van der Waals surface area contributed by atoms with Gasteiger partial charge in [0.05, 0.1) is 11.3 Å². The van der Waals surface area contributed by atoms with Crippen LogP contribution in [0, 0.1) is 0 Å². The van der Waals surface area contributed by atoms with E-state index >= 15 is 0 Å². The topological polar surface area (TPSA) is 92.8 Å². The highest BCUT2D eigenvalue weighted by Gasteiger charge is 2.39. The molecule has 7 nitrogen and oxygen atoms in total. The second-order valence-corrected chi connectivity index (χ2v) is 8.55. The molecule has 0 saturated carbocycles. The lowest BCUT2D eigenvalue weighted by Crippen LogP contribution is -2.26. The van der Waals surface area contributed by atoms with Gasteiger partial charge in [-0.15, -0.1) is 0 Å². The zero-order chi connectivity index (χ0) is 18.6. The fourth-order valence-electron chi connectivity index (χ4n) is 3.33. The summed E-state index contributed by atoms with van der Waals surface area (Å²) in [6.07, 6.45) is 0.960. The van der Waals surface area contributed by atoms with Gasteiger partial charge in [0.1, 0.15) is 0 Å². The Kier molecular flexibility index (Phi) is 4.08. The van der Waals surface area contributed by atoms with E-state index in [0.29, 0.717) is 30.5 Å². The third kappa shape index (κ3) is 3.00. The summed E-state index contributed by atoms with van der Waals surface area (Å²) in [6, 6.07) is 3.80. The third-order valence-corrected chi connectivity index (χ3v) is 5.76. The van der Waals surface area contributed by atoms with Gasteiger partial charge in [-0.05, 0) is 30.5 Å². The molecule has 1 aromatic carbocycles. The van der Waals surface area contributed by atoms with Gasteiger partial charge in [0.2, 0.25) is 0 Å². The molecule has 3 rings (SSSR count). The molecule has 0 unspecified atom stereocenters. The first kappa shape index (κ1) is 17.8. The molecule has 0 aliphatic carbocycles. The minimum absolute atomic E-state index is 0.251. The summed E-state index contributed by atoms with van der Waals surface area (Å²) in [7, 11) is -2.28. The first-order valence-corrected chi connectivity index (χ1v) is 9.69. The molecule has 0 atom stereocenters. The first-order chi connectivity index (χ1) is 11.5. The van der Waals surface area contributed by atoms with Gasteiger partial charge < -0.3 is 9.32 Å². The summed E-state index contributed by atoms with van der Waals surface area (Å²) in [5.41, 5.74) is 3.81. The van der Waals surface area contributed by atoms with Crippen LogP contribution in [0.3, 0.4) is 0 Å². The molecule has 0 radical (unpaired) electrons. The van der Waals surface area contributed by atoms with Crippen LogP contribution in [0.5, 0.6) is 0 Å². The van der Waals surface area contributed by atoms with Gasteiger partial charge >= 0.3 is 5.76 Å². The number of benzene rings is 1. The van der Waals surface area contributed by atoms with Crippen molar-refractivity contribution in [1.82, 2.24) is 4.57 Å². The molecule has 0 saturated heterocycles. The second kappa shape index (κ2) is 5.74. The average Bonchev–Trinajstić information content (AvgIpc) is 2.88. The number of oxazole rings is 1. The van der Waals surface area contributed by atoms with Gasteiger partial charge in [-0.2, -0.15) is 8.42 Å². The third-order valence-electron chi connectivity index (χ3n) is 4.96. The van der Waals surface area contributed by atoms with Crippen molar-refractivity contribution in [3.8, 4) is 0 Å². The smallest absolute Gasteiger partial charge is 0.408 e. The summed E-state index contributed by atoms with van der Waals surface area (Å²) >= 11 is 0. The molecule has 1 aromatic heterocycles. The Morgan fingerprint density at radius 1 is 1.28 bits per heavy atom. The van der Waals surface area contributed by atoms with Gasteiger partial charge in [-0.3, -0.25) is 9.12 Å². The Morgan fingerprint density at radius 3 is 2.60 bits per heavy atom. The molecule has 1 aliphatic rings. The van der Waals surface area contributed by atoms with E-state index in [-0.39, 0.29) is 11.2 Å². The van der Waals surface area contributed by atoms with E-state index in [0.717, 1.165) is 16.9 Å². The number of allylic oxidation sites excluding steroid dienone is 1. The summed E-state index contributed by atoms with van der Waals surface area (Å²) in [6.45, 7) is 8.90. The standard InChI is InChI=1S/C17H22N2O5S/c1-11-17(2,3)12-9-15-14(18(4)16(20)24-15)10-13(12)19(11)7-5-6-8-25(21,22)23/h9-10H,1,5-8H2,2-4H3,(H,21,22,23). The number of anilines is 1. The van der Waals surface area contributed by atoms with Crippen molar-refractivity contribution < 1.29 is 17.4 Å². The van der Waals surface area contributed by atoms with Crippen LogP contribution in [-0.4, -0.2) is 29.8 Å². The Hall–Kier alpha value is -2.06. The van der Waals surface area contributed by atoms with E-state index in [1.807, 2.05) is 12.1 Å². The Balaban J connectivity index is 1.95. The van der Waals surface area contributed by atoms with Crippen LogP contribution in [0.2, 0.25) is 0 Å². The molecule has 1 aliphatic heterocycles. The highest BCUT2D eigenvalue weighted by atomic mass is 32.2. The number of hydrogen-bond acceptors (Lipinski definition) is 5. The van der Waals surface area contributed by atoms with Gasteiger partial charge in [-0.25, -0.2) is 4.79 Å². The molecule has 0 spiro atoms. The Morgan fingerprint density at radius 2 is 1.96 bits per heavy atom. The van der Waals surface area contributed by atoms with Crippen LogP contribution in [-0.2, 0) is 22.6 Å². The number of nitrogens with zero attached hydrogens (tertiary/aromatic N) is 2. The number of unbranched alkanes of at least 4 members (excludes halogenated alkanes) is 1. The summed E-state index contributed by atoms with van der Waals surface area (Å²) in [5.74, 6) is -0.659. The second-order valence-electron chi connectivity index (χ2n) is 6.98. The molecular weight excluding hydrogens is 344 g/mol. The molecule has 2 aromatic rings. The van der Waals surface area contributed by atoms with Crippen molar-refractivity contribution in [3.05, 3.63) is 40.5 Å². The predicted octanol–water partition coefficient (Wildman–Crippen LogP) is 2.41. The van der Waals surface area contributed by atoms with E-state index in [9.17, 15) is 13.2 Å². The molecule has 0 amide bonds. The number of aryl methyl sites for hydroxylation is 1. The van der Waals surface area contributed by atoms with Crippen molar-refractivity contribution in [2.24, 2.45) is 7.05 Å². The van der Waals surface area contributed by atoms with Crippen LogP contribution in [0.1, 0.15) is 32.3 Å². The maximum Gasteiger partial charge on any atom is 0.419 e. The van der Waals surface area contributed by atoms with Crippen molar-refractivity contribution in [2.45, 2.75) is 32.1 Å². The average molecular weight is 366 g/mol. The molecule has 0 fully saturated rings. The SMILES string of the molecule is C=C1N(CCCCS(=O)(=O)O)c2cc3c(cc2C1(C)C)oc(=O)n3C. The quantitative estimate of drug-likeness (QED) is 0.645. The molecule has 0 bridgehead atoms. The Bertz CT molecular complexity index is 1010. The van der Waals surface area contributed by atoms with E-state index in [1.54, 1.807) is 7.05 Å². The summed E-state index contributed by atoms with van der Waals surface area (Å²) in [4.78, 5) is 13.8. The summed E-state index contributed by atoms with van der Waals surface area (Å²) in [5, 5.41) is 0. The van der Waals surface area contributed by atoms with E-state index in [1.165, 1.54) is 4.57 Å². The maximum absolute atomic E-state index is 11.8. The molecule has 25 heavy (non-hydrogen) atoms. The van der Waals surface area contributed by atoms with Crippen molar-refractivity contribution >= 4 is 26.9 Å². The number of aromatic nitrogens is 1. The van der Waals surface area contributed by atoms with Gasteiger partial charge in [0.15, 0.2) is 5.58 Å². The molecule has 2 heterocycles. The minimum Gasteiger partial charge on any atom is -0.408 e. The molecule has 8 heteroatoms. The first-order valence-electron chi connectivity index (χ1n) is 8.08. The lowest BCUT2D eigenvalue weighted by atomic mass is 9.84. The van der Waals surface area contributed by atoms with Crippen LogP contribution < -0.4 is 10.7 Å². The predicted molar refractivity (Wildman–Crippen MR) is 96.6 cm³/mol. The van der Waals surface area contributed by atoms with Crippen LogP contribution in [0.4, 0.5) is 5.69 Å². The van der Waals surface area contributed by atoms with Crippen molar-refractivity contribution in [2.75, 3.05) is 17.2 Å². The van der Waals surface area contributed by atoms with Gasteiger partial charge in [0, 0.05) is 30.4 Å². The minimum atomic E-state index is -3.94. The lowest BCUT2D eigenvalue weighted by Gasteiger charge is -2.25. The lowest BCUT2D eigenvalue weighted by molar-refractivity contribution is 0.480. The largest absolute Gasteiger partial charge is 0.419 e. The monoisotopic (exact) mass is 366 g/mol.